The fraction of sp³-hybridized carbons (Fsp3) is 0.433. The van der Waals surface area contributed by atoms with E-state index in [0.29, 0.717) is 29.8 Å². The van der Waals surface area contributed by atoms with Gasteiger partial charge in [-0.25, -0.2) is 4.79 Å². The lowest BCUT2D eigenvalue weighted by Gasteiger charge is -2.45. The summed E-state index contributed by atoms with van der Waals surface area (Å²) in [7, 11) is 1.42. The van der Waals surface area contributed by atoms with Crippen molar-refractivity contribution >= 4 is 44.4 Å². The van der Waals surface area contributed by atoms with Gasteiger partial charge in [0.1, 0.15) is 6.07 Å². The molecule has 7 nitrogen and oxygen atoms in total. The molecule has 0 bridgehead atoms. The average Bonchev–Trinajstić information content (AvgIpc) is 3.26. The van der Waals surface area contributed by atoms with Gasteiger partial charge in [0.2, 0.25) is 0 Å². The number of aromatic nitrogens is 1. The van der Waals surface area contributed by atoms with E-state index in [9.17, 15) is 14.9 Å². The number of amides is 1. The predicted octanol–water partition coefficient (Wildman–Crippen LogP) is 6.51. The number of methoxy groups -OCH3 is 1. The van der Waals surface area contributed by atoms with Crippen LogP contribution in [0.25, 0.3) is 10.9 Å². The zero-order valence-corrected chi connectivity index (χ0v) is 24.3. The second kappa shape index (κ2) is 9.16. The summed E-state index contributed by atoms with van der Waals surface area (Å²) >= 11 is 3.53. The molecule has 5 rings (SSSR count). The molecular weight excluding hydrogens is 544 g/mol. The highest BCUT2D eigenvalue weighted by atomic mass is 79.9. The maximum Gasteiger partial charge on any atom is 0.410 e. The lowest BCUT2D eigenvalue weighted by molar-refractivity contribution is 0.0492. The van der Waals surface area contributed by atoms with Gasteiger partial charge < -0.3 is 19.5 Å². The molecule has 2 aromatic carbocycles. The standard InChI is InChI=1S/C30H33BrN4O3/c1-29(2,3)35(28(37)38-6)19-9-11-34(12-10-19)24-15-22-21(13-17(24)16-32)26(36)25-20-8-7-18(31)14-23(20)33-27(25)30(22,4)5/h7-8,13-15,19,33H,9-12H2,1-6H3. The fourth-order valence-corrected chi connectivity index (χ4v) is 6.58. The lowest BCUT2D eigenvalue weighted by Crippen LogP contribution is -2.55. The van der Waals surface area contributed by atoms with Crippen molar-refractivity contribution in [1.82, 2.24) is 9.88 Å². The van der Waals surface area contributed by atoms with Crippen molar-refractivity contribution in [1.29, 1.82) is 5.26 Å². The Kier molecular flexibility index (Phi) is 6.34. The normalized spacial score (nSPS) is 17.1. The number of ether oxygens (including phenoxy) is 1. The van der Waals surface area contributed by atoms with E-state index in [1.807, 2.05) is 49.9 Å². The lowest BCUT2D eigenvalue weighted by atomic mass is 9.70. The minimum absolute atomic E-state index is 0.0492. The molecule has 1 saturated heterocycles. The van der Waals surface area contributed by atoms with E-state index in [1.54, 1.807) is 6.07 Å². The Morgan fingerprint density at radius 1 is 1.21 bits per heavy atom. The summed E-state index contributed by atoms with van der Waals surface area (Å²) in [5.41, 5.74) is 4.53. The smallest absolute Gasteiger partial charge is 0.410 e. The van der Waals surface area contributed by atoms with E-state index in [2.05, 4.69) is 45.7 Å². The van der Waals surface area contributed by atoms with E-state index in [1.165, 1.54) is 7.11 Å². The molecule has 8 heteroatoms. The van der Waals surface area contributed by atoms with E-state index >= 15 is 0 Å². The van der Waals surface area contributed by atoms with Crippen LogP contribution < -0.4 is 4.90 Å². The summed E-state index contributed by atoms with van der Waals surface area (Å²) in [6.07, 6.45) is 1.21. The van der Waals surface area contributed by atoms with Crippen molar-refractivity contribution in [2.45, 2.75) is 64.5 Å². The molecule has 0 saturated carbocycles. The van der Waals surface area contributed by atoms with E-state index in [4.69, 9.17) is 4.74 Å². The van der Waals surface area contributed by atoms with E-state index < -0.39 is 5.41 Å². The third-order valence-electron chi connectivity index (χ3n) is 8.05. The third kappa shape index (κ3) is 4.08. The summed E-state index contributed by atoms with van der Waals surface area (Å²) < 4.78 is 6.03. The SMILES string of the molecule is COC(=O)N(C1CCN(c2cc3c(cc2C#N)C(=O)c2c([nH]c4cc(Br)ccc24)C3(C)C)CC1)C(C)(C)C. The summed E-state index contributed by atoms with van der Waals surface area (Å²) in [5, 5.41) is 11.0. The number of piperidine rings is 1. The number of H-pyrrole nitrogens is 1. The van der Waals surface area contributed by atoms with Crippen LogP contribution in [-0.4, -0.2) is 53.5 Å². The largest absolute Gasteiger partial charge is 0.453 e. The van der Waals surface area contributed by atoms with Crippen LogP contribution in [0.5, 0.6) is 0 Å². The quantitative estimate of drug-likeness (QED) is 0.375. The molecular formula is C30H33BrN4O3. The summed E-state index contributed by atoms with van der Waals surface area (Å²) in [6, 6.07) is 12.1. The van der Waals surface area contributed by atoms with Crippen LogP contribution in [0.3, 0.4) is 0 Å². The van der Waals surface area contributed by atoms with Gasteiger partial charge in [-0.3, -0.25) is 4.79 Å². The van der Waals surface area contributed by atoms with Crippen LogP contribution in [0.4, 0.5) is 10.5 Å². The number of rotatable bonds is 2. The first-order chi connectivity index (χ1) is 17.9. The number of hydrogen-bond acceptors (Lipinski definition) is 5. The highest BCUT2D eigenvalue weighted by Crippen LogP contribution is 2.46. The Morgan fingerprint density at radius 2 is 1.89 bits per heavy atom. The molecule has 2 aliphatic rings. The summed E-state index contributed by atoms with van der Waals surface area (Å²) in [6.45, 7) is 11.7. The van der Waals surface area contributed by atoms with Gasteiger partial charge in [0.15, 0.2) is 5.78 Å². The first-order valence-electron chi connectivity index (χ1n) is 13.0. The van der Waals surface area contributed by atoms with Crippen molar-refractivity contribution in [3.8, 4) is 6.07 Å². The molecule has 1 aliphatic carbocycles. The second-order valence-electron chi connectivity index (χ2n) is 11.8. The number of carbonyl (C=O) groups is 2. The third-order valence-corrected chi connectivity index (χ3v) is 8.54. The summed E-state index contributed by atoms with van der Waals surface area (Å²) in [5.74, 6) is -0.0523. The molecule has 38 heavy (non-hydrogen) atoms. The van der Waals surface area contributed by atoms with Crippen LogP contribution in [0.15, 0.2) is 34.8 Å². The zero-order chi connectivity index (χ0) is 27.6. The number of aromatic amines is 1. The van der Waals surface area contributed by atoms with Crippen LogP contribution in [-0.2, 0) is 10.2 Å². The number of ketones is 1. The summed E-state index contributed by atoms with van der Waals surface area (Å²) in [4.78, 5) is 33.9. The maximum absolute atomic E-state index is 13.8. The van der Waals surface area contributed by atoms with Crippen LogP contribution in [0.1, 0.15) is 80.2 Å². The molecule has 0 unspecified atom stereocenters. The first kappa shape index (κ1) is 26.3. The van der Waals surface area contributed by atoms with Gasteiger partial charge in [0.25, 0.3) is 0 Å². The van der Waals surface area contributed by atoms with Gasteiger partial charge in [-0.05, 0) is 63.4 Å². The molecule has 3 aromatic rings. The molecule has 198 valence electrons. The van der Waals surface area contributed by atoms with Crippen molar-refractivity contribution in [2.24, 2.45) is 0 Å². The minimum atomic E-state index is -0.459. The minimum Gasteiger partial charge on any atom is -0.453 e. The van der Waals surface area contributed by atoms with Crippen LogP contribution >= 0.6 is 15.9 Å². The molecule has 2 heterocycles. The highest BCUT2D eigenvalue weighted by Gasteiger charge is 2.41. The van der Waals surface area contributed by atoms with Gasteiger partial charge in [0, 0.05) is 56.7 Å². The van der Waals surface area contributed by atoms with E-state index in [0.717, 1.165) is 45.2 Å². The fourth-order valence-electron chi connectivity index (χ4n) is 6.22. The number of hydrogen-bond donors (Lipinski definition) is 1. The van der Waals surface area contributed by atoms with Crippen molar-refractivity contribution in [3.05, 3.63) is 62.8 Å². The molecule has 1 aromatic heterocycles. The van der Waals surface area contributed by atoms with Crippen molar-refractivity contribution in [3.63, 3.8) is 0 Å². The molecule has 1 fully saturated rings. The predicted molar refractivity (Wildman–Crippen MR) is 152 cm³/mol. The van der Waals surface area contributed by atoms with Crippen molar-refractivity contribution in [2.75, 3.05) is 25.1 Å². The van der Waals surface area contributed by atoms with Crippen LogP contribution in [0, 0.1) is 11.3 Å². The number of nitriles is 1. The maximum atomic E-state index is 13.8. The molecule has 0 atom stereocenters. The second-order valence-corrected chi connectivity index (χ2v) is 12.7. The average molecular weight is 578 g/mol. The molecule has 1 N–H and O–H groups in total. The Labute approximate surface area is 231 Å². The zero-order valence-electron chi connectivity index (χ0n) is 22.7. The number of fused-ring (bicyclic) bond motifs is 4. The van der Waals surface area contributed by atoms with Gasteiger partial charge >= 0.3 is 6.09 Å². The van der Waals surface area contributed by atoms with Gasteiger partial charge in [-0.1, -0.05) is 35.8 Å². The topological polar surface area (TPSA) is 89.4 Å². The number of anilines is 1. The number of nitrogens with one attached hydrogen (secondary N) is 1. The van der Waals surface area contributed by atoms with Crippen LogP contribution in [0.2, 0.25) is 0 Å². The highest BCUT2D eigenvalue weighted by molar-refractivity contribution is 9.10. The number of benzene rings is 2. The first-order valence-corrected chi connectivity index (χ1v) is 13.7. The molecule has 0 spiro atoms. The van der Waals surface area contributed by atoms with Gasteiger partial charge in [-0.15, -0.1) is 0 Å². The number of nitrogens with zero attached hydrogens (tertiary/aromatic N) is 3. The monoisotopic (exact) mass is 576 g/mol. The molecule has 1 aliphatic heterocycles. The van der Waals surface area contributed by atoms with E-state index in [-0.39, 0.29) is 23.5 Å². The molecule has 0 radical (unpaired) electrons. The molecule has 1 amide bonds. The number of carbonyl (C=O) groups excluding carboxylic acids is 2. The Bertz CT molecular complexity index is 1500. The van der Waals surface area contributed by atoms with Crippen molar-refractivity contribution < 1.29 is 14.3 Å². The van der Waals surface area contributed by atoms with Gasteiger partial charge in [-0.2, -0.15) is 5.26 Å². The Hall–Kier alpha value is -3.31. The Morgan fingerprint density at radius 3 is 2.50 bits per heavy atom. The Balaban J connectivity index is 1.52. The van der Waals surface area contributed by atoms with Gasteiger partial charge in [0.05, 0.1) is 23.9 Å². The number of halogens is 1.